The second-order valence-corrected chi connectivity index (χ2v) is 7.64. The fourth-order valence-electron chi connectivity index (χ4n) is 3.66. The molecule has 28 heavy (non-hydrogen) atoms. The summed E-state index contributed by atoms with van der Waals surface area (Å²) in [4.78, 5) is 25.7. The summed E-state index contributed by atoms with van der Waals surface area (Å²) in [6.07, 6.45) is 0.112. The zero-order chi connectivity index (χ0) is 20.0. The number of Topliss-reactive ketones (excluding diaryl/α,β-unsaturated/α-hetero) is 1. The van der Waals surface area contributed by atoms with Crippen molar-refractivity contribution >= 4 is 29.1 Å². The smallest absolute Gasteiger partial charge is 0.226 e. The fourth-order valence-corrected chi connectivity index (χ4v) is 3.85. The van der Waals surface area contributed by atoms with E-state index in [-0.39, 0.29) is 18.1 Å². The van der Waals surface area contributed by atoms with Gasteiger partial charge < -0.3 is 5.32 Å². The molecule has 1 N–H and O–H groups in total. The van der Waals surface area contributed by atoms with Crippen LogP contribution in [0.4, 0.5) is 5.82 Å². The number of amides is 1. The molecule has 0 bridgehead atoms. The highest BCUT2D eigenvalue weighted by Gasteiger charge is 2.36. The van der Waals surface area contributed by atoms with Crippen molar-refractivity contribution in [2.45, 2.75) is 33.1 Å². The Morgan fingerprint density at radius 3 is 2.64 bits per heavy atom. The average molecular weight is 394 g/mol. The Labute approximate surface area is 168 Å². The van der Waals surface area contributed by atoms with Gasteiger partial charge in [-0.3, -0.25) is 9.59 Å². The SMILES string of the molecule is Cc1ccc(C(=O)[C@H]2CC(=O)Nc3c2c(C)nn3-c2cccc(Cl)c2)cc1C. The summed E-state index contributed by atoms with van der Waals surface area (Å²) < 4.78 is 1.65. The van der Waals surface area contributed by atoms with E-state index >= 15 is 0 Å². The van der Waals surface area contributed by atoms with E-state index in [4.69, 9.17) is 11.6 Å². The number of fused-ring (bicyclic) bond motifs is 1. The van der Waals surface area contributed by atoms with E-state index < -0.39 is 5.92 Å². The lowest BCUT2D eigenvalue weighted by Crippen LogP contribution is -2.28. The van der Waals surface area contributed by atoms with E-state index in [2.05, 4.69) is 10.4 Å². The largest absolute Gasteiger partial charge is 0.310 e. The molecule has 142 valence electrons. The summed E-state index contributed by atoms with van der Waals surface area (Å²) >= 11 is 6.12. The third-order valence-corrected chi connectivity index (χ3v) is 5.50. The van der Waals surface area contributed by atoms with Gasteiger partial charge in [0.15, 0.2) is 5.78 Å². The van der Waals surface area contributed by atoms with Crippen LogP contribution in [0.15, 0.2) is 42.5 Å². The van der Waals surface area contributed by atoms with Crippen molar-refractivity contribution < 1.29 is 9.59 Å². The van der Waals surface area contributed by atoms with Crippen LogP contribution >= 0.6 is 11.6 Å². The summed E-state index contributed by atoms with van der Waals surface area (Å²) in [6, 6.07) is 12.9. The first-order valence-electron chi connectivity index (χ1n) is 9.12. The quantitative estimate of drug-likeness (QED) is 0.652. The highest BCUT2D eigenvalue weighted by Crippen LogP contribution is 2.38. The molecule has 6 heteroatoms. The van der Waals surface area contributed by atoms with Crippen LogP contribution in [0.25, 0.3) is 5.69 Å². The molecule has 1 atom stereocenters. The topological polar surface area (TPSA) is 64.0 Å². The lowest BCUT2D eigenvalue weighted by molar-refractivity contribution is -0.116. The number of ketones is 1. The summed E-state index contributed by atoms with van der Waals surface area (Å²) in [5.41, 5.74) is 5.02. The van der Waals surface area contributed by atoms with E-state index in [1.165, 1.54) is 0 Å². The summed E-state index contributed by atoms with van der Waals surface area (Å²) in [5.74, 6) is -0.275. The number of aryl methyl sites for hydroxylation is 3. The number of halogens is 1. The summed E-state index contributed by atoms with van der Waals surface area (Å²) in [6.45, 7) is 5.85. The van der Waals surface area contributed by atoms with Crippen LogP contribution in [0.2, 0.25) is 5.02 Å². The van der Waals surface area contributed by atoms with Gasteiger partial charge in [0.05, 0.1) is 17.3 Å². The van der Waals surface area contributed by atoms with Crippen molar-refractivity contribution in [1.29, 1.82) is 0 Å². The maximum Gasteiger partial charge on any atom is 0.226 e. The van der Waals surface area contributed by atoms with Crippen molar-refractivity contribution in [3.8, 4) is 5.69 Å². The van der Waals surface area contributed by atoms with Gasteiger partial charge in [-0.2, -0.15) is 5.10 Å². The van der Waals surface area contributed by atoms with Crippen LogP contribution in [-0.4, -0.2) is 21.5 Å². The molecule has 0 unspecified atom stereocenters. The highest BCUT2D eigenvalue weighted by molar-refractivity contribution is 6.30. The van der Waals surface area contributed by atoms with Gasteiger partial charge in [0.1, 0.15) is 5.82 Å². The summed E-state index contributed by atoms with van der Waals surface area (Å²) in [7, 11) is 0. The molecule has 4 rings (SSSR count). The standard InChI is InChI=1S/C22H20ClN3O2/c1-12-7-8-15(9-13(12)2)21(28)18-11-19(27)24-22-20(18)14(3)25-26(22)17-6-4-5-16(23)10-17/h4-10,18H,11H2,1-3H3,(H,24,27)/t18-/m0/s1. The lowest BCUT2D eigenvalue weighted by atomic mass is 9.85. The maximum atomic E-state index is 13.3. The van der Waals surface area contributed by atoms with Crippen LogP contribution < -0.4 is 5.32 Å². The molecule has 0 aliphatic carbocycles. The molecule has 0 radical (unpaired) electrons. The summed E-state index contributed by atoms with van der Waals surface area (Å²) in [5, 5.41) is 8.05. The van der Waals surface area contributed by atoms with Crippen LogP contribution in [0, 0.1) is 20.8 Å². The first kappa shape index (κ1) is 18.4. The van der Waals surface area contributed by atoms with Gasteiger partial charge >= 0.3 is 0 Å². The highest BCUT2D eigenvalue weighted by atomic mass is 35.5. The number of hydrogen-bond acceptors (Lipinski definition) is 3. The van der Waals surface area contributed by atoms with Gasteiger partial charge in [-0.15, -0.1) is 0 Å². The molecular formula is C22H20ClN3O2. The number of carbonyl (C=O) groups excluding carboxylic acids is 2. The zero-order valence-electron chi connectivity index (χ0n) is 15.9. The Kier molecular flexibility index (Phi) is 4.55. The number of nitrogens with zero attached hydrogens (tertiary/aromatic N) is 2. The predicted molar refractivity (Wildman–Crippen MR) is 110 cm³/mol. The van der Waals surface area contributed by atoms with Gasteiger partial charge in [-0.1, -0.05) is 29.8 Å². The number of benzene rings is 2. The second kappa shape index (κ2) is 6.91. The van der Waals surface area contributed by atoms with Gasteiger partial charge in [-0.05, 0) is 56.2 Å². The van der Waals surface area contributed by atoms with Crippen molar-refractivity contribution in [1.82, 2.24) is 9.78 Å². The molecule has 1 aromatic heterocycles. The third-order valence-electron chi connectivity index (χ3n) is 5.26. The van der Waals surface area contributed by atoms with Crippen molar-refractivity contribution in [3.63, 3.8) is 0 Å². The number of carbonyl (C=O) groups is 2. The minimum absolute atomic E-state index is 0.0621. The van der Waals surface area contributed by atoms with Crippen molar-refractivity contribution in [2.75, 3.05) is 5.32 Å². The molecule has 2 aromatic carbocycles. The monoisotopic (exact) mass is 393 g/mol. The number of rotatable bonds is 3. The Hall–Kier alpha value is -2.92. The lowest BCUT2D eigenvalue weighted by Gasteiger charge is -2.23. The third kappa shape index (κ3) is 3.12. The Morgan fingerprint density at radius 2 is 1.93 bits per heavy atom. The maximum absolute atomic E-state index is 13.3. The number of aromatic nitrogens is 2. The van der Waals surface area contributed by atoms with E-state index in [0.29, 0.717) is 16.4 Å². The molecule has 1 amide bonds. The van der Waals surface area contributed by atoms with Crippen molar-refractivity contribution in [2.24, 2.45) is 0 Å². The molecule has 2 heterocycles. The predicted octanol–water partition coefficient (Wildman–Crippen LogP) is 4.76. The number of hydrogen-bond donors (Lipinski definition) is 1. The minimum Gasteiger partial charge on any atom is -0.310 e. The Bertz CT molecular complexity index is 1120. The van der Waals surface area contributed by atoms with Gasteiger partial charge in [0.2, 0.25) is 5.91 Å². The van der Waals surface area contributed by atoms with Crippen molar-refractivity contribution in [3.05, 3.63) is 75.4 Å². The first-order valence-corrected chi connectivity index (χ1v) is 9.49. The normalized spacial score (nSPS) is 15.9. The van der Waals surface area contributed by atoms with Gasteiger partial charge in [0.25, 0.3) is 0 Å². The molecule has 1 aliphatic rings. The molecule has 5 nitrogen and oxygen atoms in total. The van der Waals surface area contributed by atoms with Gasteiger partial charge in [0, 0.05) is 22.6 Å². The van der Waals surface area contributed by atoms with Crippen LogP contribution in [-0.2, 0) is 4.79 Å². The molecule has 0 fully saturated rings. The second-order valence-electron chi connectivity index (χ2n) is 7.21. The van der Waals surface area contributed by atoms with Crippen LogP contribution in [0.5, 0.6) is 0 Å². The molecular weight excluding hydrogens is 374 g/mol. The number of anilines is 1. The Balaban J connectivity index is 1.82. The van der Waals surface area contributed by atoms with Gasteiger partial charge in [-0.25, -0.2) is 4.68 Å². The van der Waals surface area contributed by atoms with Crippen LogP contribution in [0.1, 0.15) is 45.1 Å². The van der Waals surface area contributed by atoms with E-state index in [1.54, 1.807) is 16.8 Å². The fraction of sp³-hybridized carbons (Fsp3) is 0.227. The molecule has 0 spiro atoms. The zero-order valence-corrected chi connectivity index (χ0v) is 16.7. The first-order chi connectivity index (χ1) is 13.3. The molecule has 0 saturated heterocycles. The van der Waals surface area contributed by atoms with E-state index in [9.17, 15) is 9.59 Å². The van der Waals surface area contributed by atoms with E-state index in [0.717, 1.165) is 28.1 Å². The molecule has 1 aliphatic heterocycles. The molecule has 0 saturated carbocycles. The minimum atomic E-state index is -0.557. The Morgan fingerprint density at radius 1 is 1.14 bits per heavy atom. The van der Waals surface area contributed by atoms with Crippen LogP contribution in [0.3, 0.4) is 0 Å². The van der Waals surface area contributed by atoms with E-state index in [1.807, 2.05) is 51.1 Å². The molecule has 3 aromatic rings. The number of nitrogens with one attached hydrogen (secondary N) is 1. The average Bonchev–Trinajstić information content (AvgIpc) is 2.99.